The van der Waals surface area contributed by atoms with Gasteiger partial charge in [0.2, 0.25) is 5.91 Å². The van der Waals surface area contributed by atoms with Gasteiger partial charge in [0.25, 0.3) is 5.91 Å². The molecule has 2 heterocycles. The van der Waals surface area contributed by atoms with E-state index in [2.05, 4.69) is 16.9 Å². The van der Waals surface area contributed by atoms with Crippen LogP contribution in [-0.4, -0.2) is 48.9 Å². The van der Waals surface area contributed by atoms with Gasteiger partial charge in [-0.25, -0.2) is 13.2 Å². The van der Waals surface area contributed by atoms with Crippen LogP contribution in [0, 0.1) is 0 Å². The number of rotatable bonds is 9. The molecule has 2 aromatic heterocycles. The molecule has 0 fully saturated rings. The Morgan fingerprint density at radius 2 is 1.95 bits per heavy atom. The standard InChI is InChI=1S/C26H28ClN3O6S3/c1-3-12-30-18-11-10-16(27)13-20(18)38-26(30)29-22(32)15-39(34,35)14-21(31)28-24-23(25(33)36-4-2)17-8-6-5-7-9-19(17)37-24/h3,10-11,13H,1,4-9,12,14-15H2,2H3,(H,28,31). The molecular formula is C26H28ClN3O6S3. The highest BCUT2D eigenvalue weighted by molar-refractivity contribution is 7.92. The number of nitrogens with zero attached hydrogens (tertiary/aromatic N) is 2. The summed E-state index contributed by atoms with van der Waals surface area (Å²) in [4.78, 5) is 43.4. The number of aryl methyl sites for hydroxylation is 1. The molecule has 0 unspecified atom stereocenters. The van der Waals surface area contributed by atoms with Gasteiger partial charge in [-0.3, -0.25) is 9.59 Å². The van der Waals surface area contributed by atoms with Gasteiger partial charge in [0, 0.05) is 16.4 Å². The normalized spacial score (nSPS) is 14.1. The van der Waals surface area contributed by atoms with Crippen LogP contribution in [0.1, 0.15) is 47.0 Å². The molecule has 2 amide bonds. The third-order valence-corrected chi connectivity index (χ3v) is 9.90. The fraction of sp³-hybridized carbons (Fsp3) is 0.385. The minimum absolute atomic E-state index is 0.177. The zero-order valence-corrected chi connectivity index (χ0v) is 24.5. The summed E-state index contributed by atoms with van der Waals surface area (Å²) in [6.45, 7) is 5.95. The van der Waals surface area contributed by atoms with Crippen LogP contribution in [0.4, 0.5) is 5.00 Å². The van der Waals surface area contributed by atoms with Crippen LogP contribution >= 0.6 is 34.3 Å². The van der Waals surface area contributed by atoms with Crippen molar-refractivity contribution in [2.24, 2.45) is 4.99 Å². The first-order valence-corrected chi connectivity index (χ1v) is 16.2. The van der Waals surface area contributed by atoms with Gasteiger partial charge in [-0.2, -0.15) is 4.99 Å². The van der Waals surface area contributed by atoms with Crippen molar-refractivity contribution < 1.29 is 27.5 Å². The average molecular weight is 610 g/mol. The van der Waals surface area contributed by atoms with Crippen molar-refractivity contribution in [1.29, 1.82) is 0 Å². The van der Waals surface area contributed by atoms with Gasteiger partial charge >= 0.3 is 5.97 Å². The number of halogens is 1. The number of nitrogens with one attached hydrogen (secondary N) is 1. The molecule has 3 aromatic rings. The van der Waals surface area contributed by atoms with E-state index in [1.54, 1.807) is 35.8 Å². The molecule has 9 nitrogen and oxygen atoms in total. The first-order chi connectivity index (χ1) is 18.6. The topological polar surface area (TPSA) is 124 Å². The molecule has 0 bridgehead atoms. The summed E-state index contributed by atoms with van der Waals surface area (Å²) in [5.41, 5.74) is 1.94. The summed E-state index contributed by atoms with van der Waals surface area (Å²) < 4.78 is 33.2. The Bertz CT molecular complexity index is 1620. The van der Waals surface area contributed by atoms with Crippen LogP contribution < -0.4 is 10.1 Å². The number of thiazole rings is 1. The number of allylic oxidation sites excluding steroid dienone is 1. The minimum atomic E-state index is -4.15. The molecule has 0 saturated heterocycles. The van der Waals surface area contributed by atoms with Crippen molar-refractivity contribution in [3.8, 4) is 0 Å². The third kappa shape index (κ3) is 7.05. The molecule has 1 aliphatic carbocycles. The van der Waals surface area contributed by atoms with Crippen LogP contribution in [-0.2, 0) is 43.5 Å². The van der Waals surface area contributed by atoms with Crippen LogP contribution in [0.25, 0.3) is 10.2 Å². The number of hydrogen-bond donors (Lipinski definition) is 1. The van der Waals surface area contributed by atoms with E-state index in [-0.39, 0.29) is 11.6 Å². The maximum absolute atomic E-state index is 12.8. The number of esters is 1. The van der Waals surface area contributed by atoms with E-state index in [1.807, 2.05) is 0 Å². The van der Waals surface area contributed by atoms with Gasteiger partial charge < -0.3 is 14.6 Å². The Kier molecular flexibility index (Phi) is 9.42. The van der Waals surface area contributed by atoms with E-state index < -0.39 is 39.1 Å². The van der Waals surface area contributed by atoms with Gasteiger partial charge in [-0.1, -0.05) is 35.4 Å². The Morgan fingerprint density at radius 3 is 2.69 bits per heavy atom. The fourth-order valence-corrected chi connectivity index (χ4v) is 8.07. The molecule has 13 heteroatoms. The molecule has 4 rings (SSSR count). The molecule has 0 saturated carbocycles. The number of amides is 2. The molecule has 0 atom stereocenters. The highest BCUT2D eigenvalue weighted by Gasteiger charge is 2.28. The summed E-state index contributed by atoms with van der Waals surface area (Å²) in [7, 11) is -4.15. The van der Waals surface area contributed by atoms with E-state index in [0.29, 0.717) is 28.4 Å². The highest BCUT2D eigenvalue weighted by atomic mass is 35.5. The first kappa shape index (κ1) is 29.2. The average Bonchev–Trinajstić information content (AvgIpc) is 3.25. The second kappa shape index (κ2) is 12.6. The second-order valence-corrected chi connectivity index (χ2v) is 13.6. The SMILES string of the molecule is C=CCn1c(=NC(=O)CS(=O)(=O)CC(=O)Nc2sc3c(c2C(=O)OCC)CCCCC3)sc2cc(Cl)ccc21. The maximum atomic E-state index is 12.8. The van der Waals surface area contributed by atoms with E-state index in [0.717, 1.165) is 46.3 Å². The molecule has 1 aliphatic rings. The number of hydrogen-bond acceptors (Lipinski definition) is 8. The molecule has 208 valence electrons. The summed E-state index contributed by atoms with van der Waals surface area (Å²) in [5, 5.41) is 3.39. The van der Waals surface area contributed by atoms with Crippen LogP contribution in [0.15, 0.2) is 35.8 Å². The molecule has 0 radical (unpaired) electrons. The predicted octanol–water partition coefficient (Wildman–Crippen LogP) is 4.53. The lowest BCUT2D eigenvalue weighted by Crippen LogP contribution is -2.28. The number of carbonyl (C=O) groups excluding carboxylic acids is 3. The number of fused-ring (bicyclic) bond motifs is 2. The Balaban J connectivity index is 1.51. The number of benzene rings is 1. The number of sulfone groups is 1. The number of anilines is 1. The molecule has 1 N–H and O–H groups in total. The lowest BCUT2D eigenvalue weighted by molar-refractivity contribution is -0.115. The zero-order chi connectivity index (χ0) is 28.2. The molecule has 0 spiro atoms. The van der Waals surface area contributed by atoms with Crippen molar-refractivity contribution in [3.05, 3.63) is 56.7 Å². The van der Waals surface area contributed by atoms with E-state index in [4.69, 9.17) is 16.3 Å². The van der Waals surface area contributed by atoms with Crippen molar-refractivity contribution in [1.82, 2.24) is 4.57 Å². The Hall–Kier alpha value is -2.80. The molecule has 39 heavy (non-hydrogen) atoms. The third-order valence-electron chi connectivity index (χ3n) is 6.03. The van der Waals surface area contributed by atoms with Gasteiger partial charge in [0.05, 0.1) is 22.4 Å². The Labute approximate surface area is 239 Å². The fourth-order valence-electron chi connectivity index (χ4n) is 4.43. The Morgan fingerprint density at radius 1 is 1.18 bits per heavy atom. The molecular weight excluding hydrogens is 582 g/mol. The summed E-state index contributed by atoms with van der Waals surface area (Å²) in [6, 6.07) is 5.24. The van der Waals surface area contributed by atoms with Gasteiger partial charge in [-0.15, -0.1) is 17.9 Å². The van der Waals surface area contributed by atoms with Crippen molar-refractivity contribution in [2.45, 2.75) is 45.6 Å². The number of thiophene rings is 1. The van der Waals surface area contributed by atoms with Crippen LogP contribution in [0.3, 0.4) is 0 Å². The summed E-state index contributed by atoms with van der Waals surface area (Å²) in [6.07, 6.45) is 6.06. The van der Waals surface area contributed by atoms with Crippen molar-refractivity contribution in [3.63, 3.8) is 0 Å². The summed E-state index contributed by atoms with van der Waals surface area (Å²) >= 11 is 8.55. The second-order valence-electron chi connectivity index (χ2n) is 8.97. The van der Waals surface area contributed by atoms with Gasteiger partial charge in [0.15, 0.2) is 14.6 Å². The van der Waals surface area contributed by atoms with Crippen molar-refractivity contribution >= 4 is 77.1 Å². The largest absolute Gasteiger partial charge is 0.462 e. The summed E-state index contributed by atoms with van der Waals surface area (Å²) in [5.74, 6) is -4.12. The van der Waals surface area contributed by atoms with Crippen LogP contribution in [0.5, 0.6) is 0 Å². The predicted molar refractivity (Wildman–Crippen MR) is 154 cm³/mol. The van der Waals surface area contributed by atoms with Crippen LogP contribution in [0.2, 0.25) is 5.02 Å². The van der Waals surface area contributed by atoms with Crippen molar-refractivity contribution in [2.75, 3.05) is 23.4 Å². The zero-order valence-electron chi connectivity index (χ0n) is 21.3. The van der Waals surface area contributed by atoms with E-state index in [1.165, 1.54) is 22.7 Å². The number of carbonyl (C=O) groups is 3. The van der Waals surface area contributed by atoms with E-state index >= 15 is 0 Å². The smallest absolute Gasteiger partial charge is 0.341 e. The maximum Gasteiger partial charge on any atom is 0.341 e. The monoisotopic (exact) mass is 609 g/mol. The first-order valence-electron chi connectivity index (χ1n) is 12.4. The quantitative estimate of drug-likeness (QED) is 0.216. The number of ether oxygens (including phenoxy) is 1. The molecule has 1 aromatic carbocycles. The lowest BCUT2D eigenvalue weighted by atomic mass is 10.1. The van der Waals surface area contributed by atoms with Gasteiger partial charge in [0.1, 0.15) is 16.5 Å². The minimum Gasteiger partial charge on any atom is -0.462 e. The van der Waals surface area contributed by atoms with Gasteiger partial charge in [-0.05, 0) is 56.4 Å². The number of aromatic nitrogens is 1. The van der Waals surface area contributed by atoms with E-state index in [9.17, 15) is 22.8 Å². The molecule has 0 aliphatic heterocycles. The lowest BCUT2D eigenvalue weighted by Gasteiger charge is -2.08. The highest BCUT2D eigenvalue weighted by Crippen LogP contribution is 2.38.